The van der Waals surface area contributed by atoms with Crippen LogP contribution in [0.1, 0.15) is 0 Å². The lowest BCUT2D eigenvalue weighted by Crippen LogP contribution is -2.34. The highest BCUT2D eigenvalue weighted by atomic mass is 28.4. The summed E-state index contributed by atoms with van der Waals surface area (Å²) in [5.41, 5.74) is 0. The van der Waals surface area contributed by atoms with E-state index >= 15 is 0 Å². The van der Waals surface area contributed by atoms with Crippen molar-refractivity contribution in [2.75, 3.05) is 13.2 Å². The molecular weight excluding hydrogens is 156 g/mol. The van der Waals surface area contributed by atoms with Crippen LogP contribution in [0.4, 0.5) is 0 Å². The summed E-state index contributed by atoms with van der Waals surface area (Å²) in [5.74, 6) is 0. The normalized spacial score (nSPS) is 21.5. The summed E-state index contributed by atoms with van der Waals surface area (Å²) in [4.78, 5) is 0. The third-order valence-electron chi connectivity index (χ3n) is 1.72. The van der Waals surface area contributed by atoms with Gasteiger partial charge >= 0.3 is 8.56 Å². The second kappa shape index (κ2) is 3.85. The van der Waals surface area contributed by atoms with E-state index in [1.165, 1.54) is 0 Å². The third-order valence-corrected chi connectivity index (χ3v) is 5.01. The highest BCUT2D eigenvalue weighted by molar-refractivity contribution is 6.68. The van der Waals surface area contributed by atoms with Gasteiger partial charge in [-0.15, -0.1) is 13.2 Å². The molecule has 1 saturated heterocycles. The van der Waals surface area contributed by atoms with Gasteiger partial charge in [-0.1, -0.05) is 12.2 Å². The zero-order valence-corrected chi connectivity index (χ0v) is 7.71. The van der Waals surface area contributed by atoms with Gasteiger partial charge in [0.15, 0.2) is 0 Å². The molecule has 0 unspecified atom stereocenters. The minimum absolute atomic E-state index is 0.744. The second-order valence-corrected chi connectivity index (χ2v) is 5.81. The van der Waals surface area contributed by atoms with E-state index in [-0.39, 0.29) is 0 Å². The van der Waals surface area contributed by atoms with E-state index < -0.39 is 8.56 Å². The van der Waals surface area contributed by atoms with Crippen molar-refractivity contribution in [1.29, 1.82) is 0 Å². The predicted octanol–water partition coefficient (Wildman–Crippen LogP) is 1.85. The second-order valence-electron chi connectivity index (χ2n) is 2.59. The van der Waals surface area contributed by atoms with Crippen LogP contribution >= 0.6 is 0 Å². The van der Waals surface area contributed by atoms with Crippen LogP contribution in [0.25, 0.3) is 0 Å². The maximum Gasteiger partial charge on any atom is 0.346 e. The van der Waals surface area contributed by atoms with E-state index in [2.05, 4.69) is 13.2 Å². The molecular formula is C8H14O2Si. The molecule has 0 amide bonds. The fraction of sp³-hybridized carbons (Fsp3) is 0.500. The van der Waals surface area contributed by atoms with Crippen molar-refractivity contribution in [2.24, 2.45) is 0 Å². The van der Waals surface area contributed by atoms with Gasteiger partial charge in [0.25, 0.3) is 0 Å². The van der Waals surface area contributed by atoms with Crippen molar-refractivity contribution in [3.05, 3.63) is 25.3 Å². The van der Waals surface area contributed by atoms with Crippen molar-refractivity contribution in [2.45, 2.75) is 12.1 Å². The van der Waals surface area contributed by atoms with Crippen molar-refractivity contribution in [3.63, 3.8) is 0 Å². The average molecular weight is 170 g/mol. The average Bonchev–Trinajstić information content (AvgIpc) is 2.39. The smallest absolute Gasteiger partial charge is 0.346 e. The van der Waals surface area contributed by atoms with Gasteiger partial charge in [-0.05, 0) is 0 Å². The Morgan fingerprint density at radius 3 is 1.91 bits per heavy atom. The molecule has 1 rings (SSSR count). The maximum absolute atomic E-state index is 5.60. The summed E-state index contributed by atoms with van der Waals surface area (Å²) in [7, 11) is -1.87. The van der Waals surface area contributed by atoms with Gasteiger partial charge in [0, 0.05) is 12.1 Å². The van der Waals surface area contributed by atoms with E-state index in [1.54, 1.807) is 0 Å². The largest absolute Gasteiger partial charge is 0.391 e. The van der Waals surface area contributed by atoms with E-state index in [1.807, 2.05) is 12.2 Å². The van der Waals surface area contributed by atoms with E-state index in [9.17, 15) is 0 Å². The quantitative estimate of drug-likeness (QED) is 0.473. The van der Waals surface area contributed by atoms with Gasteiger partial charge in [-0.3, -0.25) is 0 Å². The molecule has 62 valence electrons. The van der Waals surface area contributed by atoms with E-state index in [4.69, 9.17) is 8.85 Å². The number of hydrogen-bond donors (Lipinski definition) is 0. The summed E-state index contributed by atoms with van der Waals surface area (Å²) in [6.07, 6.45) is 3.75. The summed E-state index contributed by atoms with van der Waals surface area (Å²) < 4.78 is 11.2. The molecule has 0 atom stereocenters. The molecule has 0 aliphatic carbocycles. The summed E-state index contributed by atoms with van der Waals surface area (Å²) in [6.45, 7) is 8.87. The molecule has 0 spiro atoms. The Bertz CT molecular complexity index is 138. The van der Waals surface area contributed by atoms with Crippen LogP contribution in [0.5, 0.6) is 0 Å². The van der Waals surface area contributed by atoms with Crippen LogP contribution in [-0.4, -0.2) is 21.8 Å². The molecule has 1 aliphatic heterocycles. The van der Waals surface area contributed by atoms with Crippen LogP contribution in [0.3, 0.4) is 0 Å². The van der Waals surface area contributed by atoms with Crippen molar-refractivity contribution in [3.8, 4) is 0 Å². The highest BCUT2D eigenvalue weighted by Gasteiger charge is 2.38. The minimum atomic E-state index is -1.87. The first kappa shape index (κ1) is 8.71. The van der Waals surface area contributed by atoms with Crippen LogP contribution in [0.2, 0.25) is 12.1 Å². The Morgan fingerprint density at radius 1 is 1.09 bits per heavy atom. The van der Waals surface area contributed by atoms with Gasteiger partial charge < -0.3 is 8.85 Å². The summed E-state index contributed by atoms with van der Waals surface area (Å²) in [5, 5.41) is 0. The molecule has 0 aromatic carbocycles. The lowest BCUT2D eigenvalue weighted by Gasteiger charge is -2.19. The first-order valence-electron chi connectivity index (χ1n) is 3.83. The van der Waals surface area contributed by atoms with Gasteiger partial charge in [0.2, 0.25) is 0 Å². The van der Waals surface area contributed by atoms with Crippen LogP contribution in [0, 0.1) is 0 Å². The maximum atomic E-state index is 5.60. The van der Waals surface area contributed by atoms with Crippen molar-refractivity contribution >= 4 is 8.56 Å². The Balaban J connectivity index is 2.53. The molecule has 0 aromatic heterocycles. The molecule has 0 aromatic rings. The minimum Gasteiger partial charge on any atom is -0.391 e. The number of rotatable bonds is 4. The van der Waals surface area contributed by atoms with Crippen LogP contribution in [-0.2, 0) is 8.85 Å². The van der Waals surface area contributed by atoms with Crippen LogP contribution in [0.15, 0.2) is 25.3 Å². The molecule has 3 heteroatoms. The topological polar surface area (TPSA) is 18.5 Å². The van der Waals surface area contributed by atoms with E-state index in [0.29, 0.717) is 0 Å². The van der Waals surface area contributed by atoms with E-state index in [0.717, 1.165) is 25.3 Å². The third kappa shape index (κ3) is 2.02. The SMILES string of the molecule is C=CC[Si]1(CC=C)OCCO1. The fourth-order valence-electron chi connectivity index (χ4n) is 1.26. The zero-order valence-electron chi connectivity index (χ0n) is 6.71. The lowest BCUT2D eigenvalue weighted by atomic mass is 10.7. The molecule has 2 nitrogen and oxygen atoms in total. The number of allylic oxidation sites excluding steroid dienone is 2. The Morgan fingerprint density at radius 2 is 1.55 bits per heavy atom. The predicted molar refractivity (Wildman–Crippen MR) is 47.7 cm³/mol. The molecule has 1 fully saturated rings. The molecule has 11 heavy (non-hydrogen) atoms. The van der Waals surface area contributed by atoms with Crippen molar-refractivity contribution in [1.82, 2.24) is 0 Å². The zero-order chi connectivity index (χ0) is 8.16. The molecule has 1 heterocycles. The molecule has 0 radical (unpaired) electrons. The first-order valence-corrected chi connectivity index (χ1v) is 6.06. The Hall–Kier alpha value is -0.383. The van der Waals surface area contributed by atoms with Gasteiger partial charge in [-0.2, -0.15) is 0 Å². The highest BCUT2D eigenvalue weighted by Crippen LogP contribution is 2.24. The van der Waals surface area contributed by atoms with Gasteiger partial charge in [0.05, 0.1) is 13.2 Å². The Kier molecular flexibility index (Phi) is 3.05. The molecule has 0 N–H and O–H groups in total. The van der Waals surface area contributed by atoms with Gasteiger partial charge in [-0.25, -0.2) is 0 Å². The Labute approximate surface area is 68.8 Å². The standard InChI is InChI=1S/C8H14O2Si/c1-3-7-11(8-4-2)9-5-6-10-11/h3-4H,1-2,5-8H2. The summed E-state index contributed by atoms with van der Waals surface area (Å²) >= 11 is 0. The van der Waals surface area contributed by atoms with Gasteiger partial charge in [0.1, 0.15) is 0 Å². The summed E-state index contributed by atoms with van der Waals surface area (Å²) in [6, 6.07) is 1.75. The fourth-order valence-corrected chi connectivity index (χ4v) is 3.77. The first-order chi connectivity index (χ1) is 5.33. The van der Waals surface area contributed by atoms with Crippen molar-refractivity contribution < 1.29 is 8.85 Å². The number of hydrogen-bond acceptors (Lipinski definition) is 2. The van der Waals surface area contributed by atoms with Crippen LogP contribution < -0.4 is 0 Å². The monoisotopic (exact) mass is 170 g/mol. The molecule has 1 aliphatic rings. The lowest BCUT2D eigenvalue weighted by molar-refractivity contribution is 0.341. The molecule has 0 bridgehead atoms. The molecule has 0 saturated carbocycles.